The third kappa shape index (κ3) is 2.18. The van der Waals surface area contributed by atoms with Crippen LogP contribution in [0.5, 0.6) is 11.6 Å². The molecule has 1 aromatic carbocycles. The van der Waals surface area contributed by atoms with E-state index in [1.165, 1.54) is 0 Å². The predicted octanol–water partition coefficient (Wildman–Crippen LogP) is 1.49. The third-order valence-electron chi connectivity index (χ3n) is 3.27. The Morgan fingerprint density at radius 1 is 1.37 bits per heavy atom. The quantitative estimate of drug-likeness (QED) is 0.820. The number of nitrogens with zero attached hydrogens (tertiary/aromatic N) is 2. The largest absolute Gasteiger partial charge is 0.446 e. The highest BCUT2D eigenvalue weighted by atomic mass is 16.5. The van der Waals surface area contributed by atoms with Crippen LogP contribution in [-0.4, -0.2) is 16.9 Å². The summed E-state index contributed by atoms with van der Waals surface area (Å²) in [5, 5.41) is 18.7. The van der Waals surface area contributed by atoms with Crippen LogP contribution in [0.25, 0.3) is 0 Å². The van der Waals surface area contributed by atoms with Crippen LogP contribution in [0.4, 0.5) is 0 Å². The number of hydrogen-bond donors (Lipinski definition) is 1. The van der Waals surface area contributed by atoms with Crippen molar-refractivity contribution >= 4 is 12.4 Å². The highest BCUT2D eigenvalue weighted by Crippen LogP contribution is 2.25. The monoisotopic (exact) mass is 250 g/mol. The van der Waals surface area contributed by atoms with Crippen molar-refractivity contribution < 1.29 is 9.76 Å². The van der Waals surface area contributed by atoms with Crippen LogP contribution in [-0.2, 0) is 6.42 Å². The van der Waals surface area contributed by atoms with Gasteiger partial charge in [0.1, 0.15) is 17.4 Å². The topological polar surface area (TPSA) is 66.1 Å². The molecule has 0 atom stereocenters. The first kappa shape index (κ1) is 11.8. The van der Waals surface area contributed by atoms with Crippen LogP contribution in [0.2, 0.25) is 6.32 Å². The molecule has 2 heterocycles. The molecule has 5 heteroatoms. The van der Waals surface area contributed by atoms with Crippen molar-refractivity contribution in [1.29, 1.82) is 5.26 Å². The number of nitriles is 1. The van der Waals surface area contributed by atoms with Gasteiger partial charge in [-0.3, -0.25) is 0 Å². The molecule has 0 bridgehead atoms. The number of ether oxygens (including phenoxy) is 1. The number of pyridine rings is 1. The molecule has 4 nitrogen and oxygen atoms in total. The third-order valence-corrected chi connectivity index (χ3v) is 3.27. The van der Waals surface area contributed by atoms with E-state index < -0.39 is 0 Å². The van der Waals surface area contributed by atoms with Gasteiger partial charge in [-0.15, -0.1) is 0 Å². The highest BCUT2D eigenvalue weighted by Gasteiger charge is 2.25. The minimum Gasteiger partial charge on any atom is -0.446 e. The van der Waals surface area contributed by atoms with Crippen LogP contribution >= 0.6 is 0 Å². The summed E-state index contributed by atoms with van der Waals surface area (Å²) in [5.41, 5.74) is 2.47. The first-order chi connectivity index (χ1) is 9.28. The molecule has 1 N–H and O–H groups in total. The summed E-state index contributed by atoms with van der Waals surface area (Å²) in [7, 11) is 0. The van der Waals surface area contributed by atoms with E-state index in [0.29, 0.717) is 17.2 Å². The number of aromatic nitrogens is 1. The number of fused-ring (bicyclic) bond motifs is 1. The molecular formula is C14H11BN2O2. The molecule has 0 spiro atoms. The van der Waals surface area contributed by atoms with Gasteiger partial charge in [0.2, 0.25) is 5.88 Å². The lowest BCUT2D eigenvalue weighted by Crippen LogP contribution is -2.25. The lowest BCUT2D eigenvalue weighted by atomic mass is 9.63. The van der Waals surface area contributed by atoms with E-state index in [0.717, 1.165) is 23.8 Å². The fraction of sp³-hybridized carbons (Fsp3) is 0.143. The Balaban J connectivity index is 1.91. The van der Waals surface area contributed by atoms with Gasteiger partial charge in [-0.2, -0.15) is 5.26 Å². The molecule has 1 aliphatic heterocycles. The summed E-state index contributed by atoms with van der Waals surface area (Å²) in [6, 6.07) is 11.0. The minimum absolute atomic E-state index is 0.309. The Labute approximate surface area is 111 Å². The molecule has 1 aromatic heterocycles. The van der Waals surface area contributed by atoms with Gasteiger partial charge in [0.15, 0.2) is 0 Å². The number of hydrogen-bond acceptors (Lipinski definition) is 4. The summed E-state index contributed by atoms with van der Waals surface area (Å²) >= 11 is 0. The van der Waals surface area contributed by atoms with Gasteiger partial charge in [-0.1, -0.05) is 6.07 Å². The zero-order valence-electron chi connectivity index (χ0n) is 10.2. The van der Waals surface area contributed by atoms with Gasteiger partial charge in [0.25, 0.3) is 0 Å². The number of benzene rings is 1. The van der Waals surface area contributed by atoms with E-state index in [4.69, 9.17) is 10.00 Å². The molecule has 0 unspecified atom stereocenters. The van der Waals surface area contributed by atoms with Crippen LogP contribution in [0, 0.1) is 11.3 Å². The van der Waals surface area contributed by atoms with Crippen molar-refractivity contribution in [2.75, 3.05) is 0 Å². The molecule has 0 amide bonds. The van der Waals surface area contributed by atoms with E-state index >= 15 is 0 Å². The zero-order chi connectivity index (χ0) is 13.2. The Kier molecular flexibility index (Phi) is 2.94. The molecule has 1 aliphatic rings. The fourth-order valence-corrected chi connectivity index (χ4v) is 2.30. The second-order valence-electron chi connectivity index (χ2n) is 4.49. The van der Waals surface area contributed by atoms with Crippen LogP contribution in [0.15, 0.2) is 36.5 Å². The maximum atomic E-state index is 9.75. The molecule has 19 heavy (non-hydrogen) atoms. The van der Waals surface area contributed by atoms with Gasteiger partial charge in [-0.25, -0.2) is 4.98 Å². The van der Waals surface area contributed by atoms with Crippen molar-refractivity contribution in [3.05, 3.63) is 47.7 Å². The zero-order valence-corrected chi connectivity index (χ0v) is 10.2. The van der Waals surface area contributed by atoms with Crippen molar-refractivity contribution in [2.45, 2.75) is 12.7 Å². The minimum atomic E-state index is -0.367. The van der Waals surface area contributed by atoms with Crippen molar-refractivity contribution in [1.82, 2.24) is 4.98 Å². The number of rotatable bonds is 2. The van der Waals surface area contributed by atoms with Gasteiger partial charge in [0, 0.05) is 6.20 Å². The lowest BCUT2D eigenvalue weighted by Gasteiger charge is -2.08. The molecular weight excluding hydrogens is 239 g/mol. The maximum absolute atomic E-state index is 9.75. The molecule has 2 aromatic rings. The van der Waals surface area contributed by atoms with Crippen LogP contribution in [0.3, 0.4) is 0 Å². The Hall–Kier alpha value is -2.32. The van der Waals surface area contributed by atoms with Crippen molar-refractivity contribution in [3.63, 3.8) is 0 Å². The molecule has 0 fully saturated rings. The maximum Gasteiger partial charge on any atom is 0.324 e. The Morgan fingerprint density at radius 2 is 2.26 bits per heavy atom. The fourth-order valence-electron chi connectivity index (χ4n) is 2.30. The Bertz CT molecular complexity index is 667. The summed E-state index contributed by atoms with van der Waals surface area (Å²) < 4.78 is 5.65. The highest BCUT2D eigenvalue weighted by molar-refractivity contribution is 6.68. The molecule has 0 aliphatic carbocycles. The SMILES string of the molecule is N#Cc1cccnc1Oc1ccc2c(c1)CCB2O. The van der Waals surface area contributed by atoms with Crippen molar-refractivity contribution in [2.24, 2.45) is 0 Å². The van der Waals surface area contributed by atoms with Gasteiger partial charge < -0.3 is 9.76 Å². The number of aryl methyl sites for hydroxylation is 1. The van der Waals surface area contributed by atoms with Gasteiger partial charge >= 0.3 is 6.92 Å². The van der Waals surface area contributed by atoms with E-state index in [2.05, 4.69) is 4.98 Å². The van der Waals surface area contributed by atoms with Crippen LogP contribution in [0.1, 0.15) is 11.1 Å². The standard InChI is InChI=1S/C14H11BN2O2/c16-9-11-2-1-7-17-14(11)19-12-3-4-13-10(8-12)5-6-15(13)18/h1-4,7-8,18H,5-6H2. The first-order valence-electron chi connectivity index (χ1n) is 6.12. The van der Waals surface area contributed by atoms with E-state index in [1.54, 1.807) is 24.4 Å². The normalized spacial score (nSPS) is 12.9. The molecule has 0 radical (unpaired) electrons. The van der Waals surface area contributed by atoms with E-state index in [9.17, 15) is 5.02 Å². The Morgan fingerprint density at radius 3 is 3.11 bits per heavy atom. The van der Waals surface area contributed by atoms with E-state index in [-0.39, 0.29) is 6.92 Å². The smallest absolute Gasteiger partial charge is 0.324 e. The molecule has 92 valence electrons. The molecule has 0 saturated carbocycles. The summed E-state index contributed by atoms with van der Waals surface area (Å²) in [4.78, 5) is 4.06. The second-order valence-corrected chi connectivity index (χ2v) is 4.49. The van der Waals surface area contributed by atoms with Gasteiger partial charge in [0.05, 0.1) is 0 Å². The van der Waals surface area contributed by atoms with E-state index in [1.807, 2.05) is 18.2 Å². The summed E-state index contributed by atoms with van der Waals surface area (Å²) in [5.74, 6) is 0.951. The lowest BCUT2D eigenvalue weighted by molar-refractivity contribution is 0.461. The average molecular weight is 250 g/mol. The molecule has 0 saturated heterocycles. The average Bonchev–Trinajstić information content (AvgIpc) is 2.81. The predicted molar refractivity (Wildman–Crippen MR) is 71.6 cm³/mol. The second kappa shape index (κ2) is 4.75. The summed E-state index contributed by atoms with van der Waals surface area (Å²) in [6.07, 6.45) is 3.19. The first-order valence-corrected chi connectivity index (χ1v) is 6.12. The van der Waals surface area contributed by atoms with Crippen LogP contribution < -0.4 is 10.2 Å². The summed E-state index contributed by atoms with van der Waals surface area (Å²) in [6.45, 7) is -0.367. The van der Waals surface area contributed by atoms with Gasteiger partial charge in [-0.05, 0) is 48.0 Å². The van der Waals surface area contributed by atoms with Crippen molar-refractivity contribution in [3.8, 4) is 17.7 Å². The molecule has 3 rings (SSSR count).